The van der Waals surface area contributed by atoms with Crippen molar-refractivity contribution in [2.45, 2.75) is 0 Å². The summed E-state index contributed by atoms with van der Waals surface area (Å²) in [7, 11) is 0. The third-order valence-electron chi connectivity index (χ3n) is 0.613. The van der Waals surface area contributed by atoms with Gasteiger partial charge in [0.25, 0.3) is 5.91 Å². The van der Waals surface area contributed by atoms with Gasteiger partial charge in [-0.1, -0.05) is 6.08 Å². The fourth-order valence-electron chi connectivity index (χ4n) is 0.349. The maximum Gasteiger partial charge on any atom is 0.265 e. The van der Waals surface area contributed by atoms with Crippen LogP contribution in [-0.2, 0) is 4.79 Å². The largest absolute Gasteiger partial charge is 0.268 e. The SMILES string of the molecule is O=C1C=CC[N]1. The molecule has 0 aromatic carbocycles. The number of carbonyl (C=O) groups is 1. The molecule has 0 bridgehead atoms. The van der Waals surface area contributed by atoms with Crippen LogP contribution in [0.3, 0.4) is 0 Å². The molecule has 1 rings (SSSR count). The molecule has 0 aromatic rings. The minimum Gasteiger partial charge on any atom is -0.268 e. The van der Waals surface area contributed by atoms with Gasteiger partial charge in [-0.2, -0.15) is 0 Å². The fourth-order valence-corrected chi connectivity index (χ4v) is 0.349. The van der Waals surface area contributed by atoms with Gasteiger partial charge in [0, 0.05) is 6.08 Å². The first-order chi connectivity index (χ1) is 2.89. The molecule has 0 N–H and O–H groups in total. The Morgan fingerprint density at radius 2 is 2.67 bits per heavy atom. The minimum atomic E-state index is -0.102. The Balaban J connectivity index is 2.59. The first kappa shape index (κ1) is 3.40. The van der Waals surface area contributed by atoms with Gasteiger partial charge in [0.1, 0.15) is 0 Å². The fraction of sp³-hybridized carbons (Fsp3) is 0.250. The predicted molar refractivity (Wildman–Crippen MR) is 21.1 cm³/mol. The van der Waals surface area contributed by atoms with Crippen LogP contribution in [0.15, 0.2) is 12.2 Å². The van der Waals surface area contributed by atoms with Crippen molar-refractivity contribution in [1.82, 2.24) is 5.32 Å². The summed E-state index contributed by atoms with van der Waals surface area (Å²) in [5.41, 5.74) is 0. The molecular formula is C4H4NO. The highest BCUT2D eigenvalue weighted by Gasteiger charge is 1.98. The first-order valence-electron chi connectivity index (χ1n) is 1.77. The highest BCUT2D eigenvalue weighted by Crippen LogP contribution is 1.82. The zero-order chi connectivity index (χ0) is 4.41. The monoisotopic (exact) mass is 82.0 g/mol. The van der Waals surface area contributed by atoms with Crippen LogP contribution in [0.25, 0.3) is 0 Å². The van der Waals surface area contributed by atoms with E-state index >= 15 is 0 Å². The van der Waals surface area contributed by atoms with Gasteiger partial charge < -0.3 is 0 Å². The van der Waals surface area contributed by atoms with Crippen LogP contribution in [0.4, 0.5) is 0 Å². The van der Waals surface area contributed by atoms with Gasteiger partial charge in [0.15, 0.2) is 0 Å². The van der Waals surface area contributed by atoms with Crippen LogP contribution >= 0.6 is 0 Å². The van der Waals surface area contributed by atoms with Crippen LogP contribution in [0.1, 0.15) is 0 Å². The first-order valence-corrected chi connectivity index (χ1v) is 1.77. The van der Waals surface area contributed by atoms with E-state index in [1.54, 1.807) is 6.08 Å². The zero-order valence-corrected chi connectivity index (χ0v) is 3.22. The Labute approximate surface area is 35.9 Å². The standard InChI is InChI=1S/C4H4NO/c6-4-2-1-3-5-4/h1-2H,3H2. The topological polar surface area (TPSA) is 31.2 Å². The lowest BCUT2D eigenvalue weighted by Gasteiger charge is -1.75. The van der Waals surface area contributed by atoms with E-state index in [2.05, 4.69) is 5.32 Å². The molecule has 0 spiro atoms. The van der Waals surface area contributed by atoms with Gasteiger partial charge in [0.05, 0.1) is 6.54 Å². The lowest BCUT2D eigenvalue weighted by molar-refractivity contribution is -0.116. The Morgan fingerprint density at radius 3 is 2.83 bits per heavy atom. The van der Waals surface area contributed by atoms with E-state index < -0.39 is 0 Å². The Kier molecular flexibility index (Phi) is 0.638. The molecule has 2 heteroatoms. The van der Waals surface area contributed by atoms with E-state index in [1.165, 1.54) is 6.08 Å². The zero-order valence-electron chi connectivity index (χ0n) is 3.22. The summed E-state index contributed by atoms with van der Waals surface area (Å²) < 4.78 is 0. The van der Waals surface area contributed by atoms with Crippen molar-refractivity contribution in [3.63, 3.8) is 0 Å². The average Bonchev–Trinajstić information content (AvgIpc) is 1.86. The number of nitrogens with zero attached hydrogens (tertiary/aromatic N) is 1. The van der Waals surface area contributed by atoms with E-state index in [4.69, 9.17) is 0 Å². The molecule has 0 saturated heterocycles. The van der Waals surface area contributed by atoms with E-state index in [0.29, 0.717) is 6.54 Å². The molecule has 31 valence electrons. The van der Waals surface area contributed by atoms with Crippen LogP contribution in [0.2, 0.25) is 0 Å². The van der Waals surface area contributed by atoms with Gasteiger partial charge in [-0.15, -0.1) is 0 Å². The van der Waals surface area contributed by atoms with Gasteiger partial charge >= 0.3 is 0 Å². The normalized spacial score (nSPS) is 18.3. The number of carbonyl (C=O) groups excluding carboxylic acids is 1. The lowest BCUT2D eigenvalue weighted by atomic mass is 10.6. The molecule has 0 aliphatic carbocycles. The van der Waals surface area contributed by atoms with Gasteiger partial charge in [-0.3, -0.25) is 4.79 Å². The summed E-state index contributed by atoms with van der Waals surface area (Å²) in [6.45, 7) is 0.582. The number of amides is 1. The second kappa shape index (κ2) is 1.12. The van der Waals surface area contributed by atoms with Gasteiger partial charge in [-0.05, 0) is 0 Å². The maximum absolute atomic E-state index is 9.99. The smallest absolute Gasteiger partial charge is 0.265 e. The van der Waals surface area contributed by atoms with Crippen LogP contribution < -0.4 is 5.32 Å². The molecular weight excluding hydrogens is 78.0 g/mol. The summed E-state index contributed by atoms with van der Waals surface area (Å²) in [5.74, 6) is -0.102. The van der Waals surface area contributed by atoms with E-state index in [9.17, 15) is 4.79 Å². The van der Waals surface area contributed by atoms with Crippen molar-refractivity contribution in [1.29, 1.82) is 0 Å². The molecule has 1 radical (unpaired) electrons. The highest BCUT2D eigenvalue weighted by atomic mass is 16.1. The van der Waals surface area contributed by atoms with Crippen LogP contribution in [0.5, 0.6) is 0 Å². The van der Waals surface area contributed by atoms with Gasteiger partial charge in [0.2, 0.25) is 0 Å². The summed E-state index contributed by atoms with van der Waals surface area (Å²) in [4.78, 5) is 9.99. The molecule has 0 unspecified atom stereocenters. The van der Waals surface area contributed by atoms with E-state index in [-0.39, 0.29) is 5.91 Å². The van der Waals surface area contributed by atoms with E-state index in [1.807, 2.05) is 0 Å². The molecule has 6 heavy (non-hydrogen) atoms. The summed E-state index contributed by atoms with van der Waals surface area (Å²) in [5, 5.41) is 3.49. The van der Waals surface area contributed by atoms with Crippen LogP contribution in [0, 0.1) is 0 Å². The summed E-state index contributed by atoms with van der Waals surface area (Å²) in [6.07, 6.45) is 3.21. The highest BCUT2D eigenvalue weighted by molar-refractivity contribution is 5.89. The maximum atomic E-state index is 9.99. The number of rotatable bonds is 0. The second-order valence-corrected chi connectivity index (χ2v) is 1.08. The molecule has 2 nitrogen and oxygen atoms in total. The molecule has 1 aliphatic rings. The Morgan fingerprint density at radius 1 is 1.83 bits per heavy atom. The van der Waals surface area contributed by atoms with Crippen molar-refractivity contribution in [2.24, 2.45) is 0 Å². The molecule has 0 atom stereocenters. The van der Waals surface area contributed by atoms with Gasteiger partial charge in [-0.25, -0.2) is 5.32 Å². The molecule has 1 heterocycles. The van der Waals surface area contributed by atoms with Crippen LogP contribution in [-0.4, -0.2) is 12.5 Å². The van der Waals surface area contributed by atoms with Crippen molar-refractivity contribution in [3.05, 3.63) is 12.2 Å². The number of hydrogen-bond donors (Lipinski definition) is 0. The Bertz CT molecular complexity index is 95.7. The lowest BCUT2D eigenvalue weighted by Crippen LogP contribution is -2.03. The van der Waals surface area contributed by atoms with Crippen molar-refractivity contribution in [2.75, 3.05) is 6.54 Å². The quantitative estimate of drug-likeness (QED) is 0.394. The second-order valence-electron chi connectivity index (χ2n) is 1.08. The molecule has 0 fully saturated rings. The minimum absolute atomic E-state index is 0.102. The van der Waals surface area contributed by atoms with Crippen molar-refractivity contribution < 1.29 is 4.79 Å². The summed E-state index contributed by atoms with van der Waals surface area (Å²) in [6, 6.07) is 0. The molecule has 1 amide bonds. The predicted octanol–water partition coefficient (Wildman–Crippen LogP) is -0.313. The Hall–Kier alpha value is -0.790. The third kappa shape index (κ3) is 0.407. The average molecular weight is 82.1 g/mol. The third-order valence-corrected chi connectivity index (χ3v) is 0.613. The summed E-state index contributed by atoms with van der Waals surface area (Å²) >= 11 is 0. The molecule has 0 aromatic heterocycles. The van der Waals surface area contributed by atoms with Crippen molar-refractivity contribution >= 4 is 5.91 Å². The van der Waals surface area contributed by atoms with Crippen molar-refractivity contribution in [3.8, 4) is 0 Å². The van der Waals surface area contributed by atoms with E-state index in [0.717, 1.165) is 0 Å². The molecule has 1 aliphatic heterocycles. The number of hydrogen-bond acceptors (Lipinski definition) is 1. The molecule has 0 saturated carbocycles.